The smallest absolute Gasteiger partial charge is 0.127 e. The van der Waals surface area contributed by atoms with E-state index >= 15 is 0 Å². The van der Waals surface area contributed by atoms with Gasteiger partial charge in [0.2, 0.25) is 0 Å². The Bertz CT molecular complexity index is 641. The number of rotatable bonds is 2. The normalized spacial score (nSPS) is 21.6. The molecule has 1 aliphatic carbocycles. The van der Waals surface area contributed by atoms with E-state index in [1.807, 2.05) is 24.3 Å². The quantitative estimate of drug-likeness (QED) is 0.865. The summed E-state index contributed by atoms with van der Waals surface area (Å²) in [5.41, 5.74) is 1.74. The maximum absolute atomic E-state index is 14.0. The average Bonchev–Trinajstić information content (AvgIpc) is 2.43. The predicted octanol–water partition coefficient (Wildman–Crippen LogP) is 4.35. The monoisotopic (exact) mass is 334 g/mol. The van der Waals surface area contributed by atoms with Crippen LogP contribution in [0.15, 0.2) is 46.9 Å². The molecule has 3 rings (SSSR count). The third-order valence-electron chi connectivity index (χ3n) is 4.05. The molecule has 0 radical (unpaired) electrons. The van der Waals surface area contributed by atoms with Crippen LogP contribution in [0.5, 0.6) is 0 Å². The minimum Gasteiger partial charge on any atom is -0.385 e. The molecule has 20 heavy (non-hydrogen) atoms. The molecular formula is C17H16BrFO. The molecule has 1 atom stereocenters. The molecule has 1 nitrogen and oxygen atoms in total. The molecule has 0 aliphatic heterocycles. The summed E-state index contributed by atoms with van der Waals surface area (Å²) in [5, 5.41) is 11.0. The number of hydrogen-bond acceptors (Lipinski definition) is 1. The van der Waals surface area contributed by atoms with Gasteiger partial charge in [-0.15, -0.1) is 0 Å². The topological polar surface area (TPSA) is 20.2 Å². The van der Waals surface area contributed by atoms with Crippen LogP contribution in [-0.4, -0.2) is 5.11 Å². The summed E-state index contributed by atoms with van der Waals surface area (Å²) in [6, 6.07) is 13.0. The van der Waals surface area contributed by atoms with Gasteiger partial charge >= 0.3 is 0 Å². The van der Waals surface area contributed by atoms with Crippen molar-refractivity contribution in [3.05, 3.63) is 69.4 Å². The van der Waals surface area contributed by atoms with Crippen LogP contribution in [0.3, 0.4) is 0 Å². The Morgan fingerprint density at radius 1 is 1.20 bits per heavy atom. The van der Waals surface area contributed by atoms with Crippen LogP contribution >= 0.6 is 15.9 Å². The summed E-state index contributed by atoms with van der Waals surface area (Å²) in [6.07, 6.45) is 2.93. The highest BCUT2D eigenvalue weighted by molar-refractivity contribution is 9.10. The molecule has 0 fully saturated rings. The Labute approximate surface area is 126 Å². The number of halogens is 2. The second-order valence-corrected chi connectivity index (χ2v) is 6.37. The van der Waals surface area contributed by atoms with Crippen LogP contribution in [0, 0.1) is 5.82 Å². The van der Waals surface area contributed by atoms with E-state index in [0.717, 1.165) is 22.9 Å². The van der Waals surface area contributed by atoms with E-state index in [9.17, 15) is 9.50 Å². The Balaban J connectivity index is 1.98. The molecule has 104 valence electrons. The first-order valence-electron chi connectivity index (χ1n) is 6.83. The van der Waals surface area contributed by atoms with Crippen molar-refractivity contribution in [2.45, 2.75) is 31.3 Å². The van der Waals surface area contributed by atoms with Gasteiger partial charge in [0.05, 0.1) is 5.60 Å². The number of hydrogen-bond donors (Lipinski definition) is 1. The van der Waals surface area contributed by atoms with Crippen molar-refractivity contribution in [1.82, 2.24) is 0 Å². The van der Waals surface area contributed by atoms with Crippen molar-refractivity contribution in [3.63, 3.8) is 0 Å². The molecule has 2 aromatic carbocycles. The van der Waals surface area contributed by atoms with Gasteiger partial charge in [-0.25, -0.2) is 4.39 Å². The summed E-state index contributed by atoms with van der Waals surface area (Å²) >= 11 is 3.26. The van der Waals surface area contributed by atoms with E-state index in [4.69, 9.17) is 0 Å². The third kappa shape index (κ3) is 2.52. The molecule has 0 aromatic heterocycles. The Hall–Kier alpha value is -1.19. The van der Waals surface area contributed by atoms with Gasteiger partial charge in [0.1, 0.15) is 5.82 Å². The van der Waals surface area contributed by atoms with E-state index in [1.54, 1.807) is 6.07 Å². The lowest BCUT2D eigenvalue weighted by molar-refractivity contribution is 0.0182. The zero-order valence-corrected chi connectivity index (χ0v) is 12.7. The van der Waals surface area contributed by atoms with Gasteiger partial charge in [-0.3, -0.25) is 0 Å². The first-order chi connectivity index (χ1) is 9.58. The van der Waals surface area contributed by atoms with Crippen molar-refractivity contribution in [1.29, 1.82) is 0 Å². The minimum atomic E-state index is -0.955. The molecule has 1 N–H and O–H groups in total. The highest BCUT2D eigenvalue weighted by Crippen LogP contribution is 2.38. The molecule has 0 spiro atoms. The molecule has 0 heterocycles. The van der Waals surface area contributed by atoms with Crippen LogP contribution in [0.1, 0.15) is 29.5 Å². The Morgan fingerprint density at radius 3 is 2.80 bits per heavy atom. The van der Waals surface area contributed by atoms with Crippen LogP contribution in [0.2, 0.25) is 0 Å². The Kier molecular flexibility index (Phi) is 3.65. The lowest BCUT2D eigenvalue weighted by atomic mass is 9.76. The third-order valence-corrected chi connectivity index (χ3v) is 4.55. The fourth-order valence-electron chi connectivity index (χ4n) is 3.06. The first-order valence-corrected chi connectivity index (χ1v) is 7.62. The molecule has 1 aliphatic rings. The maximum Gasteiger partial charge on any atom is 0.127 e. The van der Waals surface area contributed by atoms with Crippen LogP contribution < -0.4 is 0 Å². The summed E-state index contributed by atoms with van der Waals surface area (Å²) in [6.45, 7) is 0. The van der Waals surface area contributed by atoms with Crippen molar-refractivity contribution in [3.8, 4) is 0 Å². The van der Waals surface area contributed by atoms with Gasteiger partial charge in [0.15, 0.2) is 0 Å². The molecule has 3 heteroatoms. The van der Waals surface area contributed by atoms with Gasteiger partial charge in [-0.05, 0) is 48.1 Å². The van der Waals surface area contributed by atoms with E-state index < -0.39 is 5.60 Å². The predicted molar refractivity (Wildman–Crippen MR) is 81.1 cm³/mol. The minimum absolute atomic E-state index is 0.268. The van der Waals surface area contributed by atoms with E-state index in [-0.39, 0.29) is 5.82 Å². The lowest BCUT2D eigenvalue weighted by Crippen LogP contribution is -2.33. The Morgan fingerprint density at radius 2 is 2.00 bits per heavy atom. The molecule has 0 amide bonds. The number of aliphatic hydroxyl groups is 1. The summed E-state index contributed by atoms with van der Waals surface area (Å²) in [4.78, 5) is 0. The van der Waals surface area contributed by atoms with Gasteiger partial charge in [-0.2, -0.15) is 0 Å². The lowest BCUT2D eigenvalue weighted by Gasteiger charge is -2.34. The number of benzene rings is 2. The molecule has 0 bridgehead atoms. The second kappa shape index (κ2) is 5.30. The van der Waals surface area contributed by atoms with Gasteiger partial charge in [0.25, 0.3) is 0 Å². The summed E-state index contributed by atoms with van der Waals surface area (Å²) in [7, 11) is 0. The standard InChI is InChI=1S/C17H16BrFO/c18-14-8-7-13(16(19)10-14)11-17(20)9-3-5-12-4-1-2-6-15(12)17/h1-2,4,6-8,10,20H,3,5,9,11H2. The molecule has 2 aromatic rings. The van der Waals surface area contributed by atoms with Crippen LogP contribution in [-0.2, 0) is 18.4 Å². The van der Waals surface area contributed by atoms with Crippen molar-refractivity contribution in [2.24, 2.45) is 0 Å². The molecule has 1 unspecified atom stereocenters. The number of fused-ring (bicyclic) bond motifs is 1. The SMILES string of the molecule is OC1(Cc2ccc(Br)cc2F)CCCc2ccccc21. The largest absolute Gasteiger partial charge is 0.385 e. The number of aryl methyl sites for hydroxylation is 1. The molecule has 0 saturated carbocycles. The first kappa shape index (κ1) is 13.8. The van der Waals surface area contributed by atoms with Gasteiger partial charge in [0, 0.05) is 10.9 Å². The van der Waals surface area contributed by atoms with Crippen molar-refractivity contribution < 1.29 is 9.50 Å². The highest BCUT2D eigenvalue weighted by Gasteiger charge is 2.34. The molecular weight excluding hydrogens is 319 g/mol. The zero-order valence-electron chi connectivity index (χ0n) is 11.1. The van der Waals surface area contributed by atoms with Crippen molar-refractivity contribution in [2.75, 3.05) is 0 Å². The fraction of sp³-hybridized carbons (Fsp3) is 0.294. The zero-order chi connectivity index (χ0) is 14.2. The van der Waals surface area contributed by atoms with Crippen LogP contribution in [0.4, 0.5) is 4.39 Å². The average molecular weight is 335 g/mol. The van der Waals surface area contributed by atoms with Crippen LogP contribution in [0.25, 0.3) is 0 Å². The summed E-state index contributed by atoms with van der Waals surface area (Å²) in [5.74, 6) is -0.268. The second-order valence-electron chi connectivity index (χ2n) is 5.45. The maximum atomic E-state index is 14.0. The van der Waals surface area contributed by atoms with E-state index in [0.29, 0.717) is 18.4 Å². The van der Waals surface area contributed by atoms with E-state index in [2.05, 4.69) is 22.0 Å². The van der Waals surface area contributed by atoms with Gasteiger partial charge < -0.3 is 5.11 Å². The van der Waals surface area contributed by atoms with Gasteiger partial charge in [-0.1, -0.05) is 46.3 Å². The molecule has 0 saturated heterocycles. The summed E-state index contributed by atoms with van der Waals surface area (Å²) < 4.78 is 14.7. The van der Waals surface area contributed by atoms with E-state index in [1.165, 1.54) is 11.6 Å². The highest BCUT2D eigenvalue weighted by atomic mass is 79.9. The fourth-order valence-corrected chi connectivity index (χ4v) is 3.40. The van der Waals surface area contributed by atoms with Crippen molar-refractivity contribution >= 4 is 15.9 Å².